The van der Waals surface area contributed by atoms with E-state index >= 15 is 0 Å². The number of hydrogen-bond acceptors (Lipinski definition) is 0. The zero-order valence-electron chi connectivity index (χ0n) is 49.4. The SMILES string of the molecule is Cc1cc2[n+](cc1-c1ccccc1)Cc1ccccc1-2.Cc1cccc2c1-c1ccccc1C2.[2H]C([2H])([2H])c1c[n+]2c(cc1C)-c1ccccc1C2.[2H]C([2H])([2H])c1ccc2c(c1)Cc1ccccc1-2.c1ccc2c(c1)Cc1ccccc1-2. The summed E-state index contributed by atoms with van der Waals surface area (Å²) in [6.45, 7) is 3.94. The Labute approximate surface area is 458 Å². The molecule has 5 aliphatic rings. The molecule has 0 spiro atoms. The predicted molar refractivity (Wildman–Crippen MR) is 316 cm³/mol. The van der Waals surface area contributed by atoms with Crippen molar-refractivity contribution < 1.29 is 17.4 Å². The molecule has 0 radical (unpaired) electrons. The third kappa shape index (κ3) is 9.53. The Morgan fingerprint density at radius 2 is 0.750 bits per heavy atom. The fourth-order valence-corrected chi connectivity index (χ4v) is 11.8. The lowest BCUT2D eigenvalue weighted by molar-refractivity contribution is -0.672. The minimum atomic E-state index is -2.04. The van der Waals surface area contributed by atoms with E-state index in [0.29, 0.717) is 11.1 Å². The lowest BCUT2D eigenvalue weighted by Crippen LogP contribution is -2.32. The zero-order chi connectivity index (χ0) is 56.7. The Morgan fingerprint density at radius 1 is 0.303 bits per heavy atom. The predicted octanol–water partition coefficient (Wildman–Crippen LogP) is 17.0. The molecular weight excluding hydrogens is 917 g/mol. The van der Waals surface area contributed by atoms with Gasteiger partial charge in [0, 0.05) is 42.6 Å². The Bertz CT molecular complexity index is 4170. The van der Waals surface area contributed by atoms with Crippen molar-refractivity contribution in [1.82, 2.24) is 0 Å². The molecule has 0 saturated heterocycles. The van der Waals surface area contributed by atoms with E-state index in [-0.39, 0.29) is 0 Å². The summed E-state index contributed by atoms with van der Waals surface area (Å²) in [5, 5.41) is 0. The van der Waals surface area contributed by atoms with Gasteiger partial charge in [-0.2, -0.15) is 9.13 Å². The number of benzene rings is 9. The molecule has 16 rings (SSSR count). The summed E-state index contributed by atoms with van der Waals surface area (Å²) in [4.78, 5) is 0. The van der Waals surface area contributed by atoms with Gasteiger partial charge in [0.15, 0.2) is 25.5 Å². The standard InChI is InChI=1S/C19H16N.C14H14N.2C14H12.C13H10/c1-14-11-19-17-10-6-5-9-16(17)12-20(19)13-18(14)15-7-3-2-4-8-15;1-10-7-14-13-6-4-3-5-12(13)9-15(14)8-11(10)2;1-10-5-4-7-12-9-11-6-2-3-8-13(11)14(10)12;1-10-6-7-14-12(8-10)9-11-4-2-3-5-13(11)14;1-3-7-12-10(5-1)9-11-6-2-4-8-13(11)12/h2-11,13H,12H2,1H3;3-8H,9H2,1-2H3;2*2-8H,9H2,1H3;1-8H,9H2/q2*+1;;;/i;2D3;;1D3;. The lowest BCUT2D eigenvalue weighted by atomic mass is 10.0. The van der Waals surface area contributed by atoms with Crippen LogP contribution in [0.15, 0.2) is 237 Å². The van der Waals surface area contributed by atoms with Crippen molar-refractivity contribution in [1.29, 1.82) is 0 Å². The summed E-state index contributed by atoms with van der Waals surface area (Å²) < 4.78 is 49.4. The van der Waals surface area contributed by atoms with Gasteiger partial charge >= 0.3 is 0 Å². The van der Waals surface area contributed by atoms with Crippen LogP contribution >= 0.6 is 0 Å². The molecule has 3 aliphatic carbocycles. The van der Waals surface area contributed by atoms with Crippen molar-refractivity contribution >= 4 is 0 Å². The molecule has 2 aliphatic heterocycles. The first-order chi connectivity index (χ1) is 39.7. The topological polar surface area (TPSA) is 7.76 Å². The monoisotopic (exact) mass is 987 g/mol. The Kier molecular flexibility index (Phi) is 11.4. The van der Waals surface area contributed by atoms with Gasteiger partial charge in [-0.15, -0.1) is 0 Å². The molecule has 0 atom stereocenters. The molecule has 76 heavy (non-hydrogen) atoms. The van der Waals surface area contributed by atoms with Crippen LogP contribution in [-0.2, 0) is 32.4 Å². The smallest absolute Gasteiger partial charge is 0.194 e. The van der Waals surface area contributed by atoms with Gasteiger partial charge in [-0.3, -0.25) is 0 Å². The molecule has 0 fully saturated rings. The van der Waals surface area contributed by atoms with E-state index in [1.165, 1.54) is 111 Å². The molecule has 2 heteroatoms. The van der Waals surface area contributed by atoms with Crippen LogP contribution in [0.1, 0.15) is 80.5 Å². The van der Waals surface area contributed by atoms with Crippen molar-refractivity contribution in [2.45, 2.75) is 66.8 Å². The minimum Gasteiger partial charge on any atom is -0.194 e. The molecule has 368 valence electrons. The van der Waals surface area contributed by atoms with E-state index in [0.717, 1.165) is 49.2 Å². The van der Waals surface area contributed by atoms with Gasteiger partial charge in [-0.1, -0.05) is 206 Å². The maximum absolute atomic E-state index is 7.56. The number of aryl methyl sites for hydroxylation is 5. The molecule has 2 aromatic heterocycles. The van der Waals surface area contributed by atoms with Crippen molar-refractivity contribution in [2.24, 2.45) is 0 Å². The highest BCUT2D eigenvalue weighted by Crippen LogP contribution is 2.40. The fourth-order valence-electron chi connectivity index (χ4n) is 11.8. The fraction of sp³-hybridized carbons (Fsp3) is 0.135. The molecule has 4 heterocycles. The van der Waals surface area contributed by atoms with Crippen LogP contribution < -0.4 is 9.13 Å². The summed E-state index contributed by atoms with van der Waals surface area (Å²) in [7, 11) is 0. The van der Waals surface area contributed by atoms with Gasteiger partial charge in [0.2, 0.25) is 11.4 Å². The van der Waals surface area contributed by atoms with E-state index in [1.54, 1.807) is 12.3 Å². The summed E-state index contributed by atoms with van der Waals surface area (Å²) in [6, 6.07) is 78.1. The van der Waals surface area contributed by atoms with Crippen molar-refractivity contribution in [2.75, 3.05) is 0 Å². The zero-order valence-corrected chi connectivity index (χ0v) is 43.4. The van der Waals surface area contributed by atoms with Gasteiger partial charge in [0.25, 0.3) is 0 Å². The van der Waals surface area contributed by atoms with Crippen LogP contribution in [0.25, 0.3) is 67.0 Å². The molecule has 0 amide bonds. The van der Waals surface area contributed by atoms with E-state index < -0.39 is 13.7 Å². The average molecular weight is 987 g/mol. The van der Waals surface area contributed by atoms with E-state index in [1.807, 2.05) is 54.0 Å². The van der Waals surface area contributed by atoms with E-state index in [2.05, 4.69) is 201 Å². The summed E-state index contributed by atoms with van der Waals surface area (Å²) >= 11 is 0. The molecular formula is C74H64N2+2. The molecule has 11 aromatic rings. The second-order valence-electron chi connectivity index (χ2n) is 20.6. The number of hydrogen-bond donors (Lipinski definition) is 0. The van der Waals surface area contributed by atoms with Crippen LogP contribution in [0.5, 0.6) is 0 Å². The third-order valence-electron chi connectivity index (χ3n) is 15.6. The molecule has 0 unspecified atom stereocenters. The summed E-state index contributed by atoms with van der Waals surface area (Å²) in [6.07, 6.45) is 7.12. The number of aromatic nitrogens is 2. The van der Waals surface area contributed by atoms with Crippen LogP contribution in [0.2, 0.25) is 0 Å². The van der Waals surface area contributed by atoms with Crippen molar-refractivity contribution in [3.63, 3.8) is 0 Å². The maximum atomic E-state index is 7.56. The van der Waals surface area contributed by atoms with Crippen molar-refractivity contribution in [3.8, 4) is 67.0 Å². The number of nitrogens with zero attached hydrogens (tertiary/aromatic N) is 2. The van der Waals surface area contributed by atoms with Crippen LogP contribution in [0.4, 0.5) is 0 Å². The van der Waals surface area contributed by atoms with Crippen LogP contribution in [0.3, 0.4) is 0 Å². The lowest BCUT2D eigenvalue weighted by Gasteiger charge is -2.05. The van der Waals surface area contributed by atoms with Crippen molar-refractivity contribution in [3.05, 3.63) is 309 Å². The Hall–Kier alpha value is -8.72. The van der Waals surface area contributed by atoms with Gasteiger partial charge < -0.3 is 0 Å². The molecule has 9 aromatic carbocycles. The quantitative estimate of drug-likeness (QED) is 0.145. The van der Waals surface area contributed by atoms with Gasteiger partial charge in [0.05, 0.1) is 11.1 Å². The van der Waals surface area contributed by atoms with Gasteiger partial charge in [-0.05, 0) is 155 Å². The van der Waals surface area contributed by atoms with Gasteiger partial charge in [0.1, 0.15) is 0 Å². The number of rotatable bonds is 1. The Morgan fingerprint density at radius 3 is 1.33 bits per heavy atom. The average Bonchev–Trinajstić information content (AvgIpc) is 4.51. The normalized spacial score (nSPS) is 13.8. The first-order valence-electron chi connectivity index (χ1n) is 29.5. The largest absolute Gasteiger partial charge is 0.213 e. The first-order valence-corrected chi connectivity index (χ1v) is 26.5. The first kappa shape index (κ1) is 41.6. The third-order valence-corrected chi connectivity index (χ3v) is 15.6. The minimum absolute atomic E-state index is 0.434. The maximum Gasteiger partial charge on any atom is 0.213 e. The molecule has 2 nitrogen and oxygen atoms in total. The molecule has 0 saturated carbocycles. The Balaban J connectivity index is 0.000000102. The highest BCUT2D eigenvalue weighted by molar-refractivity contribution is 5.80. The summed E-state index contributed by atoms with van der Waals surface area (Å²) in [5.41, 5.74) is 31.1. The van der Waals surface area contributed by atoms with E-state index in [9.17, 15) is 0 Å². The van der Waals surface area contributed by atoms with E-state index in [4.69, 9.17) is 8.22 Å². The highest BCUT2D eigenvalue weighted by Gasteiger charge is 2.28. The van der Waals surface area contributed by atoms with Gasteiger partial charge in [-0.25, -0.2) is 0 Å². The highest BCUT2D eigenvalue weighted by atomic mass is 15.0. The van der Waals surface area contributed by atoms with Crippen LogP contribution in [0, 0.1) is 34.5 Å². The molecule has 0 bridgehead atoms. The second-order valence-corrected chi connectivity index (χ2v) is 20.6. The molecule has 0 N–H and O–H groups in total. The van der Waals surface area contributed by atoms with Crippen LogP contribution in [-0.4, -0.2) is 0 Å². The number of pyridine rings is 2. The summed E-state index contributed by atoms with van der Waals surface area (Å²) in [5.74, 6) is 0. The second kappa shape index (κ2) is 20.9. The number of fused-ring (bicyclic) bond motifs is 15.